The van der Waals surface area contributed by atoms with E-state index in [1.54, 1.807) is 12.1 Å². The number of carboxylic acids is 2. The van der Waals surface area contributed by atoms with Crippen molar-refractivity contribution in [3.63, 3.8) is 0 Å². The summed E-state index contributed by atoms with van der Waals surface area (Å²) in [5.41, 5.74) is 1.65. The number of carboxylic acid groups (broad SMARTS) is 2. The van der Waals surface area contributed by atoms with Gasteiger partial charge in [0.25, 0.3) is 0 Å². The Labute approximate surface area is 92.7 Å². The van der Waals surface area contributed by atoms with Gasteiger partial charge < -0.3 is 15.5 Å². The first-order valence-corrected chi connectivity index (χ1v) is 4.77. The van der Waals surface area contributed by atoms with Crippen molar-refractivity contribution >= 4 is 17.6 Å². The zero-order chi connectivity index (χ0) is 12.1. The molecule has 0 aromatic heterocycles. The second kappa shape index (κ2) is 5.16. The molecule has 0 bridgehead atoms. The minimum Gasteiger partial charge on any atom is -0.481 e. The van der Waals surface area contributed by atoms with Gasteiger partial charge in [-0.1, -0.05) is 17.7 Å². The number of aliphatic carboxylic acids is 2. The van der Waals surface area contributed by atoms with Crippen LogP contribution in [-0.2, 0) is 9.59 Å². The van der Waals surface area contributed by atoms with E-state index in [0.29, 0.717) is 5.69 Å². The highest BCUT2D eigenvalue weighted by Gasteiger charge is 2.20. The average molecular weight is 223 g/mol. The number of benzene rings is 1. The van der Waals surface area contributed by atoms with Gasteiger partial charge >= 0.3 is 11.9 Å². The molecular formula is C11H13NO4. The molecule has 0 saturated heterocycles. The fourth-order valence-electron chi connectivity index (χ4n) is 1.23. The largest absolute Gasteiger partial charge is 0.481 e. The molecule has 0 saturated carbocycles. The van der Waals surface area contributed by atoms with E-state index >= 15 is 0 Å². The first-order valence-electron chi connectivity index (χ1n) is 4.77. The second-order valence-corrected chi connectivity index (χ2v) is 3.50. The van der Waals surface area contributed by atoms with Crippen molar-refractivity contribution < 1.29 is 19.8 Å². The monoisotopic (exact) mass is 223 g/mol. The predicted octanol–water partition coefficient (Wildman–Crippen LogP) is 1.33. The summed E-state index contributed by atoms with van der Waals surface area (Å²) in [5.74, 6) is -2.32. The second-order valence-electron chi connectivity index (χ2n) is 3.50. The molecule has 16 heavy (non-hydrogen) atoms. The number of nitrogens with one attached hydrogen (secondary N) is 1. The van der Waals surface area contributed by atoms with Crippen molar-refractivity contribution in [2.24, 2.45) is 0 Å². The Morgan fingerprint density at radius 3 is 2.25 bits per heavy atom. The third-order valence-electron chi connectivity index (χ3n) is 2.07. The molecule has 5 nitrogen and oxygen atoms in total. The summed E-state index contributed by atoms with van der Waals surface area (Å²) in [7, 11) is 0. The first-order chi connectivity index (χ1) is 7.49. The van der Waals surface area contributed by atoms with Gasteiger partial charge in [-0.05, 0) is 19.1 Å². The van der Waals surface area contributed by atoms with Crippen LogP contribution in [0.3, 0.4) is 0 Å². The number of hydrogen-bond donors (Lipinski definition) is 3. The third-order valence-corrected chi connectivity index (χ3v) is 2.07. The molecule has 1 aromatic carbocycles. The minimum atomic E-state index is -1.18. The van der Waals surface area contributed by atoms with Crippen molar-refractivity contribution in [2.45, 2.75) is 19.4 Å². The number of anilines is 1. The van der Waals surface area contributed by atoms with Crippen LogP contribution in [0.1, 0.15) is 12.0 Å². The zero-order valence-electron chi connectivity index (χ0n) is 8.80. The van der Waals surface area contributed by atoms with Gasteiger partial charge in [0, 0.05) is 5.69 Å². The van der Waals surface area contributed by atoms with Gasteiger partial charge in [-0.25, -0.2) is 4.79 Å². The van der Waals surface area contributed by atoms with Crippen LogP contribution in [0.5, 0.6) is 0 Å². The van der Waals surface area contributed by atoms with Gasteiger partial charge in [0.15, 0.2) is 0 Å². The van der Waals surface area contributed by atoms with Crippen LogP contribution in [-0.4, -0.2) is 28.2 Å². The number of hydrogen-bond acceptors (Lipinski definition) is 3. The molecule has 1 aromatic rings. The van der Waals surface area contributed by atoms with Crippen LogP contribution < -0.4 is 5.32 Å². The Hall–Kier alpha value is -2.04. The topological polar surface area (TPSA) is 86.6 Å². The Morgan fingerprint density at radius 2 is 1.81 bits per heavy atom. The quantitative estimate of drug-likeness (QED) is 0.701. The minimum absolute atomic E-state index is 0.455. The molecule has 0 fully saturated rings. The molecule has 0 aliphatic carbocycles. The van der Waals surface area contributed by atoms with Gasteiger partial charge in [-0.2, -0.15) is 0 Å². The molecule has 0 aliphatic rings. The van der Waals surface area contributed by atoms with E-state index in [1.807, 2.05) is 19.1 Å². The van der Waals surface area contributed by atoms with E-state index in [1.165, 1.54) is 0 Å². The van der Waals surface area contributed by atoms with E-state index in [-0.39, 0.29) is 0 Å². The average Bonchev–Trinajstić information content (AvgIpc) is 2.19. The normalized spacial score (nSPS) is 11.8. The van der Waals surface area contributed by atoms with E-state index < -0.39 is 24.4 Å². The van der Waals surface area contributed by atoms with E-state index in [9.17, 15) is 9.59 Å². The summed E-state index contributed by atoms with van der Waals surface area (Å²) in [5, 5.41) is 20.0. The molecule has 3 N–H and O–H groups in total. The van der Waals surface area contributed by atoms with Crippen LogP contribution in [0, 0.1) is 6.92 Å². The Bertz CT molecular complexity index is 385. The van der Waals surface area contributed by atoms with Crippen molar-refractivity contribution in [3.05, 3.63) is 29.8 Å². The van der Waals surface area contributed by atoms with Gasteiger partial charge in [-0.3, -0.25) is 4.79 Å². The summed E-state index contributed by atoms with van der Waals surface area (Å²) in [4.78, 5) is 21.2. The maximum Gasteiger partial charge on any atom is 0.326 e. The lowest BCUT2D eigenvalue weighted by Crippen LogP contribution is -2.31. The highest BCUT2D eigenvalue weighted by molar-refractivity contribution is 5.83. The SMILES string of the molecule is Cc1ccc(NC(CC(=O)O)C(=O)O)cc1. The molecule has 1 unspecified atom stereocenters. The van der Waals surface area contributed by atoms with Crippen LogP contribution in [0.25, 0.3) is 0 Å². The third kappa shape index (κ3) is 3.61. The molecule has 0 aliphatic heterocycles. The zero-order valence-corrected chi connectivity index (χ0v) is 8.80. The fourth-order valence-corrected chi connectivity index (χ4v) is 1.23. The molecule has 0 heterocycles. The highest BCUT2D eigenvalue weighted by atomic mass is 16.4. The molecule has 0 spiro atoms. The predicted molar refractivity (Wildman–Crippen MR) is 58.5 cm³/mol. The smallest absolute Gasteiger partial charge is 0.326 e. The van der Waals surface area contributed by atoms with Crippen molar-refractivity contribution in [3.8, 4) is 0 Å². The van der Waals surface area contributed by atoms with E-state index in [0.717, 1.165) is 5.56 Å². The molecule has 0 radical (unpaired) electrons. The fraction of sp³-hybridized carbons (Fsp3) is 0.273. The van der Waals surface area contributed by atoms with Crippen molar-refractivity contribution in [1.82, 2.24) is 0 Å². The summed E-state index contributed by atoms with van der Waals surface area (Å²) < 4.78 is 0. The molecule has 1 atom stereocenters. The lowest BCUT2D eigenvalue weighted by molar-refractivity contribution is -0.144. The number of carbonyl (C=O) groups is 2. The van der Waals surface area contributed by atoms with E-state index in [4.69, 9.17) is 10.2 Å². The lowest BCUT2D eigenvalue weighted by Gasteiger charge is -2.13. The van der Waals surface area contributed by atoms with Gasteiger partial charge in [-0.15, -0.1) is 0 Å². The lowest BCUT2D eigenvalue weighted by atomic mass is 10.1. The van der Waals surface area contributed by atoms with Gasteiger partial charge in [0.1, 0.15) is 6.04 Å². The van der Waals surface area contributed by atoms with Crippen molar-refractivity contribution in [2.75, 3.05) is 5.32 Å². The molecule has 86 valence electrons. The molecule has 0 amide bonds. The van der Waals surface area contributed by atoms with Crippen LogP contribution in [0.15, 0.2) is 24.3 Å². The van der Waals surface area contributed by atoms with Crippen LogP contribution in [0.4, 0.5) is 5.69 Å². The van der Waals surface area contributed by atoms with Crippen LogP contribution >= 0.6 is 0 Å². The summed E-state index contributed by atoms with van der Waals surface area (Å²) >= 11 is 0. The van der Waals surface area contributed by atoms with E-state index in [2.05, 4.69) is 5.32 Å². The molecule has 5 heteroatoms. The van der Waals surface area contributed by atoms with Crippen molar-refractivity contribution in [1.29, 1.82) is 0 Å². The first kappa shape index (κ1) is 12.0. The van der Waals surface area contributed by atoms with Gasteiger partial charge in [0.05, 0.1) is 6.42 Å². The number of rotatable bonds is 5. The van der Waals surface area contributed by atoms with Gasteiger partial charge in [0.2, 0.25) is 0 Å². The molecule has 1 rings (SSSR count). The summed E-state index contributed by atoms with van der Waals surface area (Å²) in [6.07, 6.45) is -0.455. The summed E-state index contributed by atoms with van der Waals surface area (Å²) in [6.45, 7) is 1.91. The molecular weight excluding hydrogens is 210 g/mol. The Balaban J connectivity index is 2.71. The Morgan fingerprint density at radius 1 is 1.25 bits per heavy atom. The maximum absolute atomic E-state index is 10.8. The maximum atomic E-state index is 10.8. The number of aryl methyl sites for hydroxylation is 1. The van der Waals surface area contributed by atoms with Crippen LogP contribution in [0.2, 0.25) is 0 Å². The standard InChI is InChI=1S/C11H13NO4/c1-7-2-4-8(5-3-7)12-9(11(15)16)6-10(13)14/h2-5,9,12H,6H2,1H3,(H,13,14)(H,15,16). The summed E-state index contributed by atoms with van der Waals surface area (Å²) in [6, 6.07) is 5.96. The Kier molecular flexibility index (Phi) is 3.88. The highest BCUT2D eigenvalue weighted by Crippen LogP contribution is 2.11.